The molecule has 2 atom stereocenters. The Hall–Kier alpha value is -4.01. The van der Waals surface area contributed by atoms with E-state index in [4.69, 9.17) is 32.9 Å². The number of hydrogen-bond acceptors (Lipinski definition) is 7. The monoisotopic (exact) mass is 649 g/mol. The number of fused-ring (bicyclic) bond motifs is 2. The molecule has 0 spiro atoms. The highest BCUT2D eigenvalue weighted by Gasteiger charge is 2.39. The summed E-state index contributed by atoms with van der Waals surface area (Å²) in [6.45, 7) is 16.3. The van der Waals surface area contributed by atoms with Crippen LogP contribution in [0.4, 0.5) is 20.3 Å². The fourth-order valence-electron chi connectivity index (χ4n) is 7.21. The van der Waals surface area contributed by atoms with Crippen molar-refractivity contribution in [3.8, 4) is 6.01 Å². The van der Waals surface area contributed by atoms with Gasteiger partial charge in [0.1, 0.15) is 24.3 Å². The zero-order valence-electron chi connectivity index (χ0n) is 26.2. The van der Waals surface area contributed by atoms with Crippen LogP contribution in [0, 0.1) is 12.4 Å². The number of rotatable bonds is 8. The molecule has 0 bridgehead atoms. The number of likely N-dealkylation sites (N-methyl/N-ethyl adjacent to an activating group) is 1. The third-order valence-corrected chi connectivity index (χ3v) is 10.3. The van der Waals surface area contributed by atoms with E-state index >= 15 is 0 Å². The lowest BCUT2D eigenvalue weighted by molar-refractivity contribution is -0.131. The molecule has 9 nitrogen and oxygen atoms in total. The molecule has 242 valence electrons. The van der Waals surface area contributed by atoms with Gasteiger partial charge in [0, 0.05) is 42.8 Å². The third-order valence-electron chi connectivity index (χ3n) is 9.93. The first-order chi connectivity index (χ1) is 22.2. The van der Waals surface area contributed by atoms with Crippen LogP contribution in [0.25, 0.3) is 15.6 Å². The standard InChI is InChI=1S/C34H38ClF2N7O2/c1-5-34(13-7-14-41(34)4)21-46-33-39-27-20-42(28-9-6-8-23-10-11-26(37)30(35)29(23)28)15-12-25(27)31(40-33)43-16-17-44(32(45)22(2)36)24(19-43)18-38-3/h6,8-11,24H,2,5,7,12-21H2,1,4H3/t24-,34?/m0/s1. The van der Waals surface area contributed by atoms with Gasteiger partial charge < -0.3 is 24.3 Å². The maximum Gasteiger partial charge on any atom is 0.318 e. The molecule has 2 fully saturated rings. The molecule has 4 heterocycles. The second-order valence-corrected chi connectivity index (χ2v) is 12.8. The molecular formula is C34H38ClF2N7O2. The molecule has 6 rings (SSSR count). The lowest BCUT2D eigenvalue weighted by Crippen LogP contribution is -2.57. The Kier molecular flexibility index (Phi) is 9.03. The maximum absolute atomic E-state index is 14.6. The lowest BCUT2D eigenvalue weighted by Gasteiger charge is -2.41. The van der Waals surface area contributed by atoms with E-state index in [-0.39, 0.29) is 29.7 Å². The topological polar surface area (TPSA) is 69.4 Å². The number of carbonyl (C=O) groups excluding carboxylic acids is 1. The number of piperazine rings is 1. The molecule has 0 aliphatic carbocycles. The van der Waals surface area contributed by atoms with E-state index in [1.807, 2.05) is 18.2 Å². The van der Waals surface area contributed by atoms with E-state index in [2.05, 4.69) is 40.1 Å². The first kappa shape index (κ1) is 32.0. The summed E-state index contributed by atoms with van der Waals surface area (Å²) in [5, 5.41) is 1.60. The fourth-order valence-corrected chi connectivity index (χ4v) is 7.48. The van der Waals surface area contributed by atoms with Crippen LogP contribution in [-0.4, -0.2) is 90.2 Å². The summed E-state index contributed by atoms with van der Waals surface area (Å²) in [7, 11) is 2.12. The van der Waals surface area contributed by atoms with Crippen molar-refractivity contribution in [1.82, 2.24) is 19.8 Å². The number of halogens is 3. The number of likely N-dealkylation sites (tertiary alicyclic amines) is 1. The summed E-state index contributed by atoms with van der Waals surface area (Å²) in [5.74, 6) is -1.58. The van der Waals surface area contributed by atoms with Gasteiger partial charge in [-0.05, 0) is 56.8 Å². The van der Waals surface area contributed by atoms with Gasteiger partial charge in [-0.3, -0.25) is 9.69 Å². The van der Waals surface area contributed by atoms with Gasteiger partial charge in [-0.2, -0.15) is 9.97 Å². The number of anilines is 2. The van der Waals surface area contributed by atoms with E-state index in [0.29, 0.717) is 50.4 Å². The van der Waals surface area contributed by atoms with Crippen LogP contribution in [0.5, 0.6) is 6.01 Å². The Bertz CT molecular complexity index is 1710. The van der Waals surface area contributed by atoms with Crippen LogP contribution in [0.1, 0.15) is 37.4 Å². The van der Waals surface area contributed by atoms with E-state index in [1.54, 1.807) is 6.07 Å². The number of carbonyl (C=O) groups is 1. The molecule has 1 amide bonds. The van der Waals surface area contributed by atoms with E-state index in [0.717, 1.165) is 48.1 Å². The SMILES string of the molecule is [C-]#[N+]C[C@H]1CN(c2nc(OCC3(CC)CCCN3C)nc3c2CCN(c2cccc4ccc(F)c(Cl)c24)C3)CCN1C(=O)C(=C)F. The smallest absolute Gasteiger partial charge is 0.318 e. The predicted molar refractivity (Wildman–Crippen MR) is 176 cm³/mol. The average molecular weight is 650 g/mol. The van der Waals surface area contributed by atoms with Crippen molar-refractivity contribution in [2.24, 2.45) is 0 Å². The van der Waals surface area contributed by atoms with Gasteiger partial charge >= 0.3 is 6.01 Å². The van der Waals surface area contributed by atoms with E-state index < -0.39 is 23.6 Å². The molecule has 12 heteroatoms. The van der Waals surface area contributed by atoms with Gasteiger partial charge in [0.15, 0.2) is 5.83 Å². The first-order valence-corrected chi connectivity index (χ1v) is 16.1. The van der Waals surface area contributed by atoms with Gasteiger partial charge in [-0.15, -0.1) is 0 Å². The lowest BCUT2D eigenvalue weighted by atomic mass is 9.94. The summed E-state index contributed by atoms with van der Waals surface area (Å²) >= 11 is 6.50. The van der Waals surface area contributed by atoms with Crippen LogP contribution in [0.15, 0.2) is 42.7 Å². The van der Waals surface area contributed by atoms with Crippen LogP contribution in [-0.2, 0) is 17.8 Å². The predicted octanol–water partition coefficient (Wildman–Crippen LogP) is 5.66. The number of benzene rings is 2. The Morgan fingerprint density at radius 2 is 2.02 bits per heavy atom. The second kappa shape index (κ2) is 13.0. The summed E-state index contributed by atoms with van der Waals surface area (Å²) in [6, 6.07) is 8.66. The summed E-state index contributed by atoms with van der Waals surface area (Å²) in [4.78, 5) is 33.9. The highest BCUT2D eigenvalue weighted by Crippen LogP contribution is 2.39. The summed E-state index contributed by atoms with van der Waals surface area (Å²) in [6.07, 6.45) is 3.66. The molecule has 0 N–H and O–H groups in total. The third kappa shape index (κ3) is 5.84. The fraction of sp³-hybridized carbons (Fsp3) is 0.471. The molecule has 3 aromatic rings. The van der Waals surface area contributed by atoms with Crippen molar-refractivity contribution in [1.29, 1.82) is 0 Å². The Balaban J connectivity index is 1.37. The first-order valence-electron chi connectivity index (χ1n) is 15.7. The molecule has 0 saturated carbocycles. The van der Waals surface area contributed by atoms with E-state index in [1.165, 1.54) is 11.0 Å². The van der Waals surface area contributed by atoms with Gasteiger partial charge in [0.05, 0.1) is 22.8 Å². The van der Waals surface area contributed by atoms with Crippen molar-refractivity contribution < 1.29 is 18.3 Å². The largest absolute Gasteiger partial charge is 0.461 e. The quantitative estimate of drug-likeness (QED) is 0.231. The maximum atomic E-state index is 14.6. The second-order valence-electron chi connectivity index (χ2n) is 12.4. The van der Waals surface area contributed by atoms with Gasteiger partial charge in [0.2, 0.25) is 6.54 Å². The van der Waals surface area contributed by atoms with Crippen molar-refractivity contribution in [2.75, 3.05) is 62.7 Å². The molecule has 3 aliphatic heterocycles. The minimum Gasteiger partial charge on any atom is -0.461 e. The minimum absolute atomic E-state index is 0.0314. The van der Waals surface area contributed by atoms with Crippen LogP contribution in [0.2, 0.25) is 5.02 Å². The van der Waals surface area contributed by atoms with Gasteiger partial charge in [-0.25, -0.2) is 15.4 Å². The normalized spacial score (nSPS) is 21.7. The summed E-state index contributed by atoms with van der Waals surface area (Å²) < 4.78 is 34.9. The molecule has 46 heavy (non-hydrogen) atoms. The molecule has 2 aromatic carbocycles. The molecule has 0 radical (unpaired) electrons. The number of amides is 1. The van der Waals surface area contributed by atoms with Crippen molar-refractivity contribution in [3.63, 3.8) is 0 Å². The average Bonchev–Trinajstić information content (AvgIpc) is 3.44. The Morgan fingerprint density at radius 1 is 1.20 bits per heavy atom. The van der Waals surface area contributed by atoms with E-state index in [9.17, 15) is 13.6 Å². The minimum atomic E-state index is -1.03. The molecular weight excluding hydrogens is 612 g/mol. The number of aromatic nitrogens is 2. The molecule has 1 aromatic heterocycles. The Morgan fingerprint density at radius 3 is 2.74 bits per heavy atom. The van der Waals surface area contributed by atoms with Crippen molar-refractivity contribution in [3.05, 3.63) is 76.3 Å². The number of hydrogen-bond donors (Lipinski definition) is 0. The zero-order chi connectivity index (χ0) is 32.6. The molecule has 2 saturated heterocycles. The van der Waals surface area contributed by atoms with Crippen LogP contribution >= 0.6 is 11.6 Å². The number of ether oxygens (including phenoxy) is 1. The van der Waals surface area contributed by atoms with Crippen LogP contribution < -0.4 is 14.5 Å². The van der Waals surface area contributed by atoms with Gasteiger partial charge in [-0.1, -0.05) is 43.3 Å². The highest BCUT2D eigenvalue weighted by molar-refractivity contribution is 6.36. The van der Waals surface area contributed by atoms with Gasteiger partial charge in [0.25, 0.3) is 5.91 Å². The zero-order valence-corrected chi connectivity index (χ0v) is 27.0. The molecule has 3 aliphatic rings. The highest BCUT2D eigenvalue weighted by atomic mass is 35.5. The van der Waals surface area contributed by atoms with Crippen molar-refractivity contribution in [2.45, 2.75) is 50.7 Å². The Labute approximate surface area is 273 Å². The summed E-state index contributed by atoms with van der Waals surface area (Å²) in [5.41, 5.74) is 2.47. The van der Waals surface area contributed by atoms with Crippen molar-refractivity contribution >= 4 is 39.8 Å². The number of nitrogens with zero attached hydrogens (tertiary/aromatic N) is 7. The molecule has 1 unspecified atom stereocenters. The van der Waals surface area contributed by atoms with Crippen LogP contribution in [0.3, 0.4) is 0 Å².